The molecule has 0 spiro atoms. The van der Waals surface area contributed by atoms with Crippen molar-refractivity contribution in [1.29, 1.82) is 0 Å². The zero-order valence-electron chi connectivity index (χ0n) is 13.7. The highest BCUT2D eigenvalue weighted by Gasteiger charge is 2.18. The molecule has 4 rings (SSSR count). The van der Waals surface area contributed by atoms with Gasteiger partial charge in [-0.3, -0.25) is 4.98 Å². The monoisotopic (exact) mass is 348 g/mol. The normalized spacial score (nSPS) is 11.0. The summed E-state index contributed by atoms with van der Waals surface area (Å²) in [5, 5.41) is 11.5. The second-order valence-corrected chi connectivity index (χ2v) is 5.74. The van der Waals surface area contributed by atoms with Gasteiger partial charge in [-0.05, 0) is 30.3 Å². The second-order valence-electron chi connectivity index (χ2n) is 5.74. The van der Waals surface area contributed by atoms with E-state index in [9.17, 15) is 14.3 Å². The van der Waals surface area contributed by atoms with Gasteiger partial charge in [-0.2, -0.15) is 0 Å². The van der Waals surface area contributed by atoms with Crippen molar-refractivity contribution in [3.05, 3.63) is 66.2 Å². The van der Waals surface area contributed by atoms with Crippen molar-refractivity contribution < 1.29 is 19.0 Å². The van der Waals surface area contributed by atoms with Crippen molar-refractivity contribution in [2.45, 2.75) is 0 Å². The number of fused-ring (bicyclic) bond motifs is 3. The molecule has 128 valence electrons. The number of pyridine rings is 2. The van der Waals surface area contributed by atoms with E-state index >= 15 is 0 Å². The first-order valence-electron chi connectivity index (χ1n) is 7.84. The Morgan fingerprint density at radius 2 is 1.96 bits per heavy atom. The Kier molecular flexibility index (Phi) is 3.73. The number of rotatable bonds is 3. The van der Waals surface area contributed by atoms with Crippen molar-refractivity contribution >= 4 is 27.6 Å². The van der Waals surface area contributed by atoms with Gasteiger partial charge in [0.1, 0.15) is 11.6 Å². The number of carboxylic acid groups (broad SMARTS) is 1. The summed E-state index contributed by atoms with van der Waals surface area (Å²) < 4.78 is 19.9. The summed E-state index contributed by atoms with van der Waals surface area (Å²) >= 11 is 0. The van der Waals surface area contributed by atoms with Crippen LogP contribution < -0.4 is 4.74 Å². The Balaban J connectivity index is 2.16. The first-order chi connectivity index (χ1) is 12.6. The van der Waals surface area contributed by atoms with Crippen LogP contribution in [-0.4, -0.2) is 28.2 Å². The molecule has 1 N–H and O–H groups in total. The molecule has 2 heterocycles. The third-order valence-corrected chi connectivity index (χ3v) is 4.28. The number of aromatic nitrogens is 2. The van der Waals surface area contributed by atoms with Crippen LogP contribution in [0.2, 0.25) is 0 Å². The molecule has 26 heavy (non-hydrogen) atoms. The number of carbonyl (C=O) groups is 1. The lowest BCUT2D eigenvalue weighted by Crippen LogP contribution is -1.99. The summed E-state index contributed by atoms with van der Waals surface area (Å²) in [6.07, 6.45) is 3.27. The maximum Gasteiger partial charge on any atom is 0.335 e. The Labute approximate surface area is 147 Å². The SMILES string of the molecule is COc1cccc(F)c1-c1nc2cc(C(=O)O)ccc2c2cnccc12. The van der Waals surface area contributed by atoms with E-state index in [0.717, 1.165) is 10.8 Å². The zero-order chi connectivity index (χ0) is 18.3. The topological polar surface area (TPSA) is 72.3 Å². The summed E-state index contributed by atoms with van der Waals surface area (Å²) in [5.41, 5.74) is 1.17. The molecule has 4 aromatic rings. The van der Waals surface area contributed by atoms with Crippen molar-refractivity contribution in [2.24, 2.45) is 0 Å². The molecule has 0 amide bonds. The molecule has 0 aliphatic carbocycles. The van der Waals surface area contributed by atoms with Crippen LogP contribution in [0.1, 0.15) is 10.4 Å². The summed E-state index contributed by atoms with van der Waals surface area (Å²) in [4.78, 5) is 20.0. The highest BCUT2D eigenvalue weighted by molar-refractivity contribution is 6.11. The van der Waals surface area contributed by atoms with Gasteiger partial charge in [-0.15, -0.1) is 0 Å². The summed E-state index contributed by atoms with van der Waals surface area (Å²) in [6, 6.07) is 11.0. The molecule has 0 saturated carbocycles. The quantitative estimate of drug-likeness (QED) is 0.559. The summed E-state index contributed by atoms with van der Waals surface area (Å²) in [5.74, 6) is -1.17. The van der Waals surface area contributed by atoms with Gasteiger partial charge >= 0.3 is 5.97 Å². The average molecular weight is 348 g/mol. The molecule has 0 fully saturated rings. The van der Waals surface area contributed by atoms with Gasteiger partial charge in [0.15, 0.2) is 0 Å². The number of methoxy groups -OCH3 is 1. The molecule has 0 bridgehead atoms. The Bertz CT molecular complexity index is 1170. The van der Waals surface area contributed by atoms with Crippen molar-refractivity contribution in [2.75, 3.05) is 7.11 Å². The van der Waals surface area contributed by atoms with E-state index in [2.05, 4.69) is 9.97 Å². The molecule has 0 aliphatic heterocycles. The van der Waals surface area contributed by atoms with Gasteiger partial charge in [-0.1, -0.05) is 12.1 Å². The second kappa shape index (κ2) is 6.07. The number of hydrogen-bond acceptors (Lipinski definition) is 4. The zero-order valence-corrected chi connectivity index (χ0v) is 13.7. The van der Waals surface area contributed by atoms with Crippen molar-refractivity contribution in [1.82, 2.24) is 9.97 Å². The number of carboxylic acids is 1. The Morgan fingerprint density at radius 3 is 2.73 bits per heavy atom. The van der Waals surface area contributed by atoms with E-state index < -0.39 is 11.8 Å². The third kappa shape index (κ3) is 2.43. The minimum atomic E-state index is -1.05. The molecular formula is C20H13FN2O3. The van der Waals surface area contributed by atoms with Crippen LogP contribution in [0.25, 0.3) is 32.9 Å². The molecule has 2 aromatic heterocycles. The molecule has 0 radical (unpaired) electrons. The summed E-state index contributed by atoms with van der Waals surface area (Å²) in [6.45, 7) is 0. The lowest BCUT2D eigenvalue weighted by molar-refractivity contribution is 0.0697. The molecule has 0 unspecified atom stereocenters. The number of halogens is 1. The number of benzene rings is 2. The number of ether oxygens (including phenoxy) is 1. The van der Waals surface area contributed by atoms with Crippen LogP contribution in [0, 0.1) is 5.82 Å². The molecule has 0 atom stereocenters. The van der Waals surface area contributed by atoms with Gasteiger partial charge in [0.2, 0.25) is 0 Å². The van der Waals surface area contributed by atoms with E-state index in [1.165, 1.54) is 25.3 Å². The van der Waals surface area contributed by atoms with Crippen LogP contribution in [0.15, 0.2) is 54.9 Å². The minimum Gasteiger partial charge on any atom is -0.496 e. The van der Waals surface area contributed by atoms with Crippen LogP contribution in [-0.2, 0) is 0 Å². The fourth-order valence-corrected chi connectivity index (χ4v) is 3.08. The minimum absolute atomic E-state index is 0.111. The van der Waals surface area contributed by atoms with E-state index in [-0.39, 0.29) is 11.1 Å². The first-order valence-corrected chi connectivity index (χ1v) is 7.84. The van der Waals surface area contributed by atoms with Crippen LogP contribution >= 0.6 is 0 Å². The predicted octanol–water partition coefficient (Wildman–Crippen LogP) is 4.30. The number of aromatic carboxylic acids is 1. The lowest BCUT2D eigenvalue weighted by Gasteiger charge is -2.13. The maximum atomic E-state index is 14.6. The van der Waals surface area contributed by atoms with E-state index in [1.807, 2.05) is 0 Å². The highest BCUT2D eigenvalue weighted by atomic mass is 19.1. The first kappa shape index (κ1) is 16.0. The van der Waals surface area contributed by atoms with E-state index in [0.29, 0.717) is 22.3 Å². The molecule has 0 aliphatic rings. The largest absolute Gasteiger partial charge is 0.496 e. The molecule has 0 saturated heterocycles. The molecule has 5 nitrogen and oxygen atoms in total. The van der Waals surface area contributed by atoms with Crippen LogP contribution in [0.5, 0.6) is 5.75 Å². The Hall–Kier alpha value is -3.54. The van der Waals surface area contributed by atoms with Crippen LogP contribution in [0.4, 0.5) is 4.39 Å². The van der Waals surface area contributed by atoms with Gasteiger partial charge in [0.05, 0.1) is 29.4 Å². The van der Waals surface area contributed by atoms with Gasteiger partial charge < -0.3 is 9.84 Å². The van der Waals surface area contributed by atoms with E-state index in [4.69, 9.17) is 4.74 Å². The fraction of sp³-hybridized carbons (Fsp3) is 0.0500. The molecule has 6 heteroatoms. The summed E-state index contributed by atoms with van der Waals surface area (Å²) in [7, 11) is 1.46. The standard InChI is InChI=1S/C20H13FN2O3/c1-26-17-4-2-3-15(21)18(17)19-13-7-8-22-10-14(13)12-6-5-11(20(24)25)9-16(12)23-19/h2-10H,1H3,(H,24,25). The van der Waals surface area contributed by atoms with Crippen LogP contribution in [0.3, 0.4) is 0 Å². The number of hydrogen-bond donors (Lipinski definition) is 1. The fourth-order valence-electron chi connectivity index (χ4n) is 3.08. The average Bonchev–Trinajstić information content (AvgIpc) is 2.66. The molecule has 2 aromatic carbocycles. The smallest absolute Gasteiger partial charge is 0.335 e. The van der Waals surface area contributed by atoms with Crippen molar-refractivity contribution in [3.63, 3.8) is 0 Å². The Morgan fingerprint density at radius 1 is 1.12 bits per heavy atom. The number of nitrogens with zero attached hydrogens (tertiary/aromatic N) is 2. The van der Waals surface area contributed by atoms with E-state index in [1.54, 1.807) is 36.7 Å². The van der Waals surface area contributed by atoms with Gasteiger partial charge in [-0.25, -0.2) is 14.2 Å². The van der Waals surface area contributed by atoms with Gasteiger partial charge in [0, 0.05) is 28.6 Å². The maximum absolute atomic E-state index is 14.6. The third-order valence-electron chi connectivity index (χ3n) is 4.28. The molecular weight excluding hydrogens is 335 g/mol. The van der Waals surface area contributed by atoms with Crippen molar-refractivity contribution in [3.8, 4) is 17.0 Å². The predicted molar refractivity (Wildman–Crippen MR) is 95.9 cm³/mol. The van der Waals surface area contributed by atoms with Gasteiger partial charge in [0.25, 0.3) is 0 Å². The lowest BCUT2D eigenvalue weighted by atomic mass is 9.99. The highest BCUT2D eigenvalue weighted by Crippen LogP contribution is 2.38.